The molecule has 3 aromatic rings. The van der Waals surface area contributed by atoms with E-state index in [0.717, 1.165) is 73.8 Å². The van der Waals surface area contributed by atoms with E-state index in [2.05, 4.69) is 23.1 Å². The van der Waals surface area contributed by atoms with Crippen LogP contribution in [0.15, 0.2) is 66.4 Å². The van der Waals surface area contributed by atoms with Gasteiger partial charge in [0.1, 0.15) is 11.8 Å². The highest BCUT2D eigenvalue weighted by atomic mass is 35.5. The third kappa shape index (κ3) is 8.84. The van der Waals surface area contributed by atoms with Crippen LogP contribution >= 0.6 is 48.8 Å². The molecule has 10 heteroatoms. The number of aryl methyl sites for hydroxylation is 2. The number of nitrogens with zero attached hydrogens (tertiary/aromatic N) is 2. The average Bonchev–Trinajstić information content (AvgIpc) is 3.09. The molecule has 0 bridgehead atoms. The van der Waals surface area contributed by atoms with Gasteiger partial charge in [-0.1, -0.05) is 41.4 Å². The van der Waals surface area contributed by atoms with Gasteiger partial charge in [-0.05, 0) is 91.1 Å². The zero-order valence-corrected chi connectivity index (χ0v) is 26.0. The van der Waals surface area contributed by atoms with Crippen LogP contribution in [-0.4, -0.2) is 53.2 Å². The Labute approximate surface area is 265 Å². The summed E-state index contributed by atoms with van der Waals surface area (Å²) in [5.41, 5.74) is 14.4. The van der Waals surface area contributed by atoms with E-state index in [-0.39, 0.29) is 37.2 Å². The number of halogens is 4. The molecule has 2 aromatic carbocycles. The number of aromatic nitrogens is 1. The maximum absolute atomic E-state index is 10.9. The lowest BCUT2D eigenvalue weighted by atomic mass is 9.88. The van der Waals surface area contributed by atoms with Crippen molar-refractivity contribution in [3.8, 4) is 5.75 Å². The molecule has 5 rings (SSSR count). The Balaban J connectivity index is 0.00000196. The molecule has 0 spiro atoms. The largest absolute Gasteiger partial charge is 0.494 e. The predicted octanol–water partition coefficient (Wildman–Crippen LogP) is 6.42. The molecule has 1 saturated heterocycles. The zero-order valence-electron chi connectivity index (χ0n) is 22.8. The number of carboxylic acids is 1. The molecular weight excluding hydrogens is 604 g/mol. The molecule has 1 aromatic heterocycles. The minimum atomic E-state index is -0.989. The molecular formula is C31H37Cl4N3O3. The number of hydrogen-bond acceptors (Lipinski definition) is 5. The molecule has 0 amide bonds. The highest BCUT2D eigenvalue weighted by Crippen LogP contribution is 2.38. The SMILES string of the molecule is Cl.Cl.Cl.N[C@@H](Cc1ccc(OCCCN2CCC(=C3c4ccc(Cl)cc4CCc4cccnc43)CC2)cc1)C(=O)O. The first-order chi connectivity index (χ1) is 18.5. The van der Waals surface area contributed by atoms with Crippen molar-refractivity contribution in [3.05, 3.63) is 99.3 Å². The summed E-state index contributed by atoms with van der Waals surface area (Å²) in [6, 6.07) is 17.2. The van der Waals surface area contributed by atoms with Crippen LogP contribution in [-0.2, 0) is 24.1 Å². The summed E-state index contributed by atoms with van der Waals surface area (Å²) in [6.07, 6.45) is 7.21. The van der Waals surface area contributed by atoms with E-state index in [0.29, 0.717) is 13.0 Å². The van der Waals surface area contributed by atoms with Crippen molar-refractivity contribution in [3.63, 3.8) is 0 Å². The van der Waals surface area contributed by atoms with Crippen molar-refractivity contribution in [1.29, 1.82) is 0 Å². The maximum atomic E-state index is 10.9. The van der Waals surface area contributed by atoms with Gasteiger partial charge < -0.3 is 20.5 Å². The van der Waals surface area contributed by atoms with Crippen LogP contribution in [0.4, 0.5) is 0 Å². The van der Waals surface area contributed by atoms with E-state index in [1.807, 2.05) is 42.6 Å². The summed E-state index contributed by atoms with van der Waals surface area (Å²) in [5.74, 6) is -0.196. The van der Waals surface area contributed by atoms with Crippen molar-refractivity contribution in [2.45, 2.75) is 44.6 Å². The number of carbonyl (C=O) groups is 1. The fraction of sp³-hybridized carbons (Fsp3) is 0.355. The van der Waals surface area contributed by atoms with Crippen LogP contribution in [0.1, 0.15) is 47.2 Å². The molecule has 222 valence electrons. The molecule has 0 unspecified atom stereocenters. The third-order valence-corrected chi connectivity index (χ3v) is 7.76. The Kier molecular flexibility index (Phi) is 13.9. The highest BCUT2D eigenvalue weighted by Gasteiger charge is 2.25. The Morgan fingerprint density at radius 3 is 2.41 bits per heavy atom. The number of carboxylic acid groups (broad SMARTS) is 1. The molecule has 1 atom stereocenters. The molecule has 6 nitrogen and oxygen atoms in total. The molecule has 1 aliphatic heterocycles. The number of likely N-dealkylation sites (tertiary alicyclic amines) is 1. The first kappa shape index (κ1) is 34.9. The fourth-order valence-electron chi connectivity index (χ4n) is 5.47. The summed E-state index contributed by atoms with van der Waals surface area (Å²) in [5, 5.41) is 9.76. The molecule has 1 aliphatic carbocycles. The van der Waals surface area contributed by atoms with Crippen molar-refractivity contribution in [1.82, 2.24) is 9.88 Å². The average molecular weight is 641 g/mol. The van der Waals surface area contributed by atoms with E-state index in [1.165, 1.54) is 27.8 Å². The van der Waals surface area contributed by atoms with E-state index < -0.39 is 12.0 Å². The Bertz CT molecular complexity index is 1320. The van der Waals surface area contributed by atoms with Gasteiger partial charge in [0.2, 0.25) is 0 Å². The van der Waals surface area contributed by atoms with Crippen LogP contribution < -0.4 is 10.5 Å². The number of fused-ring (bicyclic) bond motifs is 2. The molecule has 0 radical (unpaired) electrons. The molecule has 1 fully saturated rings. The van der Waals surface area contributed by atoms with Crippen LogP contribution in [0.2, 0.25) is 5.02 Å². The van der Waals surface area contributed by atoms with E-state index >= 15 is 0 Å². The maximum Gasteiger partial charge on any atom is 0.320 e. The Morgan fingerprint density at radius 1 is 1.00 bits per heavy atom. The van der Waals surface area contributed by atoms with Crippen LogP contribution in [0.25, 0.3) is 5.57 Å². The van der Waals surface area contributed by atoms with Crippen molar-refractivity contribution in [2.75, 3.05) is 26.2 Å². The van der Waals surface area contributed by atoms with Crippen molar-refractivity contribution in [2.24, 2.45) is 5.73 Å². The van der Waals surface area contributed by atoms with Gasteiger partial charge in [-0.15, -0.1) is 37.2 Å². The first-order valence-electron chi connectivity index (χ1n) is 13.4. The number of aliphatic carboxylic acids is 1. The van der Waals surface area contributed by atoms with Gasteiger partial charge in [-0.3, -0.25) is 9.78 Å². The molecule has 2 aliphatic rings. The lowest BCUT2D eigenvalue weighted by Gasteiger charge is -2.30. The third-order valence-electron chi connectivity index (χ3n) is 7.53. The number of piperidine rings is 1. The fourth-order valence-corrected chi connectivity index (χ4v) is 5.67. The number of rotatable bonds is 8. The van der Waals surface area contributed by atoms with Gasteiger partial charge in [-0.2, -0.15) is 0 Å². The molecule has 0 saturated carbocycles. The summed E-state index contributed by atoms with van der Waals surface area (Å²) in [4.78, 5) is 18.3. The van der Waals surface area contributed by atoms with Gasteiger partial charge in [-0.25, -0.2) is 0 Å². The van der Waals surface area contributed by atoms with Crippen LogP contribution in [0.3, 0.4) is 0 Å². The predicted molar refractivity (Wildman–Crippen MR) is 172 cm³/mol. The molecule has 41 heavy (non-hydrogen) atoms. The number of ether oxygens (including phenoxy) is 1. The second-order valence-corrected chi connectivity index (χ2v) is 10.6. The van der Waals surface area contributed by atoms with Crippen LogP contribution in [0, 0.1) is 0 Å². The lowest BCUT2D eigenvalue weighted by molar-refractivity contribution is -0.138. The van der Waals surface area contributed by atoms with Crippen LogP contribution in [0.5, 0.6) is 5.75 Å². The number of hydrogen-bond donors (Lipinski definition) is 2. The minimum Gasteiger partial charge on any atom is -0.494 e. The summed E-state index contributed by atoms with van der Waals surface area (Å²) >= 11 is 6.36. The first-order valence-corrected chi connectivity index (χ1v) is 13.7. The zero-order chi connectivity index (χ0) is 26.5. The standard InChI is InChI=1S/C31H34ClN3O3.3ClH/c32-25-8-11-27-24(20-25)7-6-23-3-1-14-34-30(23)29(27)22-12-16-35(17-13-22)15-2-18-38-26-9-4-21(5-10-26)19-28(33)31(36)37;;;/h1,3-5,8-11,14,20,28H,2,6-7,12-13,15-19,33H2,(H,36,37);3*1H/t28-;;;/m0.../s1. The van der Waals surface area contributed by atoms with Gasteiger partial charge in [0.05, 0.1) is 12.3 Å². The number of pyridine rings is 1. The summed E-state index contributed by atoms with van der Waals surface area (Å²) in [6.45, 7) is 3.70. The Hall–Kier alpha value is -2.32. The monoisotopic (exact) mass is 639 g/mol. The second-order valence-electron chi connectivity index (χ2n) is 10.1. The quantitative estimate of drug-likeness (QED) is 0.276. The van der Waals surface area contributed by atoms with E-state index in [4.69, 9.17) is 32.2 Å². The lowest BCUT2D eigenvalue weighted by Crippen LogP contribution is -2.32. The number of nitrogens with two attached hydrogens (primary N) is 1. The smallest absolute Gasteiger partial charge is 0.320 e. The molecule has 2 heterocycles. The summed E-state index contributed by atoms with van der Waals surface area (Å²) < 4.78 is 5.92. The number of benzene rings is 2. The van der Waals surface area contributed by atoms with Crippen molar-refractivity contribution >= 4 is 60.4 Å². The topological polar surface area (TPSA) is 88.7 Å². The minimum absolute atomic E-state index is 0. The molecule has 3 N–H and O–H groups in total. The Morgan fingerprint density at radius 2 is 1.71 bits per heavy atom. The normalized spacial score (nSPS) is 15.2. The summed E-state index contributed by atoms with van der Waals surface area (Å²) in [7, 11) is 0. The van der Waals surface area contributed by atoms with Gasteiger partial charge in [0.25, 0.3) is 0 Å². The van der Waals surface area contributed by atoms with E-state index in [1.54, 1.807) is 0 Å². The van der Waals surface area contributed by atoms with Crippen molar-refractivity contribution < 1.29 is 14.6 Å². The van der Waals surface area contributed by atoms with Gasteiger partial charge >= 0.3 is 5.97 Å². The van der Waals surface area contributed by atoms with E-state index in [9.17, 15) is 4.79 Å². The second kappa shape index (κ2) is 16.4. The van der Waals surface area contributed by atoms with Gasteiger partial charge in [0.15, 0.2) is 0 Å². The van der Waals surface area contributed by atoms with Gasteiger partial charge in [0, 0.05) is 36.4 Å². The highest BCUT2D eigenvalue weighted by molar-refractivity contribution is 6.30.